The lowest BCUT2D eigenvalue weighted by Gasteiger charge is -2.04. The van der Waals surface area contributed by atoms with Crippen molar-refractivity contribution in [1.82, 2.24) is 4.98 Å². The van der Waals surface area contributed by atoms with Crippen LogP contribution in [0.15, 0.2) is 23.2 Å². The zero-order valence-corrected chi connectivity index (χ0v) is 9.56. The maximum absolute atomic E-state index is 8.67. The molecule has 5 heteroatoms. The van der Waals surface area contributed by atoms with E-state index in [0.29, 0.717) is 23.1 Å². The third-order valence-corrected chi connectivity index (χ3v) is 1.86. The fraction of sp³-hybridized carbons (Fsp3) is 0.111. The van der Waals surface area contributed by atoms with Crippen molar-refractivity contribution >= 4 is 33.3 Å². The van der Waals surface area contributed by atoms with E-state index in [2.05, 4.69) is 32.8 Å². The molecule has 0 unspecified atom stereocenters. The van der Waals surface area contributed by atoms with Gasteiger partial charge in [0.05, 0.1) is 11.6 Å². The molecule has 1 aromatic heterocycles. The summed E-state index contributed by atoms with van der Waals surface area (Å²) in [5.74, 6) is 0.564. The van der Waals surface area contributed by atoms with Crippen LogP contribution >= 0.6 is 27.5 Å². The number of anilines is 1. The molecule has 0 atom stereocenters. The van der Waals surface area contributed by atoms with Gasteiger partial charge in [-0.05, 0) is 12.1 Å². The molecular formula is C9H7BrClN3. The van der Waals surface area contributed by atoms with Crippen LogP contribution in [0.5, 0.6) is 0 Å². The Morgan fingerprint density at radius 1 is 1.71 bits per heavy atom. The second kappa shape index (κ2) is 4.99. The number of hydrogen-bond donors (Lipinski definition) is 1. The van der Waals surface area contributed by atoms with Crippen molar-refractivity contribution in [1.29, 1.82) is 5.26 Å². The van der Waals surface area contributed by atoms with Crippen LogP contribution in [0.25, 0.3) is 0 Å². The molecule has 0 bridgehead atoms. The van der Waals surface area contributed by atoms with Gasteiger partial charge in [-0.3, -0.25) is 0 Å². The molecule has 0 amide bonds. The summed E-state index contributed by atoms with van der Waals surface area (Å²) in [6, 6.07) is 5.13. The average Bonchev–Trinajstić information content (AvgIpc) is 2.14. The highest BCUT2D eigenvalue weighted by Gasteiger charge is 2.00. The van der Waals surface area contributed by atoms with Gasteiger partial charge in [-0.25, -0.2) is 4.98 Å². The fourth-order valence-corrected chi connectivity index (χ4v) is 1.19. The minimum Gasteiger partial charge on any atom is -0.365 e. The van der Waals surface area contributed by atoms with E-state index in [1.54, 1.807) is 6.07 Å². The largest absolute Gasteiger partial charge is 0.365 e. The molecule has 0 radical (unpaired) electrons. The first-order valence-electron chi connectivity index (χ1n) is 3.76. The van der Waals surface area contributed by atoms with E-state index >= 15 is 0 Å². The number of pyridine rings is 1. The van der Waals surface area contributed by atoms with E-state index in [9.17, 15) is 0 Å². The van der Waals surface area contributed by atoms with E-state index in [-0.39, 0.29) is 0 Å². The average molecular weight is 273 g/mol. The normalized spacial score (nSPS) is 9.21. The zero-order valence-electron chi connectivity index (χ0n) is 7.22. The third kappa shape index (κ3) is 3.36. The smallest absolute Gasteiger partial charge is 0.132 e. The Balaban J connectivity index is 2.82. The van der Waals surface area contributed by atoms with Crippen molar-refractivity contribution in [3.05, 3.63) is 33.9 Å². The van der Waals surface area contributed by atoms with Gasteiger partial charge >= 0.3 is 0 Å². The predicted molar refractivity (Wildman–Crippen MR) is 60.5 cm³/mol. The summed E-state index contributed by atoms with van der Waals surface area (Å²) >= 11 is 8.91. The van der Waals surface area contributed by atoms with Gasteiger partial charge in [0, 0.05) is 11.0 Å². The van der Waals surface area contributed by atoms with Crippen molar-refractivity contribution < 1.29 is 0 Å². The molecule has 1 heterocycles. The van der Waals surface area contributed by atoms with Crippen LogP contribution in [0.3, 0.4) is 0 Å². The van der Waals surface area contributed by atoms with Crippen LogP contribution in [-0.2, 0) is 0 Å². The van der Waals surface area contributed by atoms with Crippen LogP contribution in [0.1, 0.15) is 5.56 Å². The van der Waals surface area contributed by atoms with Crippen LogP contribution in [-0.4, -0.2) is 11.5 Å². The summed E-state index contributed by atoms with van der Waals surface area (Å²) in [5.41, 5.74) is 0.479. The van der Waals surface area contributed by atoms with Crippen LogP contribution in [0, 0.1) is 11.3 Å². The van der Waals surface area contributed by atoms with Crippen molar-refractivity contribution in [3.63, 3.8) is 0 Å². The number of rotatable bonds is 3. The highest BCUT2D eigenvalue weighted by atomic mass is 79.9. The Bertz CT molecular complexity index is 398. The molecule has 0 aromatic carbocycles. The number of hydrogen-bond acceptors (Lipinski definition) is 3. The molecular weight excluding hydrogens is 265 g/mol. The van der Waals surface area contributed by atoms with Crippen molar-refractivity contribution in [3.8, 4) is 6.07 Å². The van der Waals surface area contributed by atoms with E-state index < -0.39 is 0 Å². The molecule has 1 aromatic rings. The summed E-state index contributed by atoms with van der Waals surface area (Å²) in [5, 5.41) is 11.9. The lowest BCUT2D eigenvalue weighted by atomic mass is 10.3. The number of nitriles is 1. The highest BCUT2D eigenvalue weighted by Crippen LogP contribution is 2.14. The van der Waals surface area contributed by atoms with Crippen LogP contribution in [0.2, 0.25) is 5.15 Å². The summed E-state index contributed by atoms with van der Waals surface area (Å²) in [4.78, 5) is 4.00. The lowest BCUT2D eigenvalue weighted by Crippen LogP contribution is -2.02. The molecule has 3 nitrogen and oxygen atoms in total. The number of nitrogens with one attached hydrogen (secondary N) is 1. The Hall–Kier alpha value is -1.05. The van der Waals surface area contributed by atoms with Gasteiger partial charge < -0.3 is 5.32 Å². The maximum atomic E-state index is 8.67. The SMILES string of the molecule is C=C(Br)CNc1cc(C#N)cc(Cl)n1. The first-order valence-corrected chi connectivity index (χ1v) is 4.94. The van der Waals surface area contributed by atoms with Gasteiger partial charge in [0.1, 0.15) is 11.0 Å². The Kier molecular flexibility index (Phi) is 3.93. The summed E-state index contributed by atoms with van der Waals surface area (Å²) in [6.07, 6.45) is 0. The van der Waals surface area contributed by atoms with Gasteiger partial charge in [-0.1, -0.05) is 34.1 Å². The Morgan fingerprint density at radius 2 is 2.43 bits per heavy atom. The van der Waals surface area contributed by atoms with Gasteiger partial charge in [-0.15, -0.1) is 0 Å². The van der Waals surface area contributed by atoms with E-state index in [1.165, 1.54) is 6.07 Å². The van der Waals surface area contributed by atoms with Gasteiger partial charge in [0.25, 0.3) is 0 Å². The van der Waals surface area contributed by atoms with Crippen LogP contribution < -0.4 is 5.32 Å². The quantitative estimate of drug-likeness (QED) is 0.861. The second-order valence-electron chi connectivity index (χ2n) is 2.55. The number of halogens is 2. The molecule has 0 saturated carbocycles. The zero-order chi connectivity index (χ0) is 10.6. The minimum absolute atomic E-state index is 0.298. The molecule has 14 heavy (non-hydrogen) atoms. The molecule has 0 aliphatic carbocycles. The van der Waals surface area contributed by atoms with Gasteiger partial charge in [0.2, 0.25) is 0 Å². The first-order chi connectivity index (χ1) is 6.61. The fourth-order valence-electron chi connectivity index (χ4n) is 0.838. The molecule has 0 saturated heterocycles. The first kappa shape index (κ1) is 11.0. The lowest BCUT2D eigenvalue weighted by molar-refractivity contribution is 1.22. The van der Waals surface area contributed by atoms with E-state index in [4.69, 9.17) is 16.9 Å². The van der Waals surface area contributed by atoms with Crippen molar-refractivity contribution in [2.75, 3.05) is 11.9 Å². The van der Waals surface area contributed by atoms with Crippen LogP contribution in [0.4, 0.5) is 5.82 Å². The number of nitrogens with zero attached hydrogens (tertiary/aromatic N) is 2. The molecule has 1 N–H and O–H groups in total. The topological polar surface area (TPSA) is 48.7 Å². The van der Waals surface area contributed by atoms with Crippen molar-refractivity contribution in [2.45, 2.75) is 0 Å². The molecule has 0 aliphatic rings. The summed E-state index contributed by atoms with van der Waals surface area (Å²) < 4.78 is 0.804. The number of aromatic nitrogens is 1. The second-order valence-corrected chi connectivity index (χ2v) is 4.06. The molecule has 0 spiro atoms. The standard InChI is InChI=1S/C9H7BrClN3/c1-6(10)5-13-9-3-7(4-12)2-8(11)14-9/h2-3H,1,5H2,(H,13,14). The Morgan fingerprint density at radius 3 is 3.00 bits per heavy atom. The maximum Gasteiger partial charge on any atom is 0.132 e. The third-order valence-electron chi connectivity index (χ3n) is 1.38. The van der Waals surface area contributed by atoms with Gasteiger partial charge in [0.15, 0.2) is 0 Å². The summed E-state index contributed by atoms with van der Waals surface area (Å²) in [7, 11) is 0. The van der Waals surface area contributed by atoms with E-state index in [1.807, 2.05) is 6.07 Å². The van der Waals surface area contributed by atoms with E-state index in [0.717, 1.165) is 4.48 Å². The molecule has 0 aliphatic heterocycles. The Labute approximate surface area is 95.5 Å². The molecule has 72 valence electrons. The van der Waals surface area contributed by atoms with Crippen molar-refractivity contribution in [2.24, 2.45) is 0 Å². The molecule has 0 fully saturated rings. The monoisotopic (exact) mass is 271 g/mol. The summed E-state index contributed by atoms with van der Waals surface area (Å²) in [6.45, 7) is 4.20. The minimum atomic E-state index is 0.298. The molecule has 1 rings (SSSR count). The highest BCUT2D eigenvalue weighted by molar-refractivity contribution is 9.11. The predicted octanol–water partition coefficient (Wildman–Crippen LogP) is 2.93. The van der Waals surface area contributed by atoms with Gasteiger partial charge in [-0.2, -0.15) is 5.26 Å².